The smallest absolute Gasteiger partial charge is 0.226 e. The Kier molecular flexibility index (Phi) is 4.58. The van der Waals surface area contributed by atoms with Crippen LogP contribution in [0, 0.1) is 11.3 Å². The van der Waals surface area contributed by atoms with E-state index in [1.807, 2.05) is 13.8 Å². The first-order valence-corrected chi connectivity index (χ1v) is 6.04. The number of carbonyl (C=O) groups excluding carboxylic acids is 1. The van der Waals surface area contributed by atoms with Crippen molar-refractivity contribution in [1.29, 1.82) is 0 Å². The molecule has 0 saturated heterocycles. The van der Waals surface area contributed by atoms with E-state index in [0.717, 1.165) is 18.9 Å². The average Bonchev–Trinajstić information content (AvgIpc) is 2.70. The maximum Gasteiger partial charge on any atom is 0.226 e. The third kappa shape index (κ3) is 3.82. The summed E-state index contributed by atoms with van der Waals surface area (Å²) in [4.78, 5) is 11.7. The van der Waals surface area contributed by atoms with Crippen LogP contribution in [0.1, 0.15) is 46.0 Å². The number of rotatable bonds is 5. The third-order valence-electron chi connectivity index (χ3n) is 3.44. The molecule has 1 aliphatic rings. The predicted octanol–water partition coefficient (Wildman–Crippen LogP) is 1.67. The highest BCUT2D eigenvalue weighted by Gasteiger charge is 2.25. The molecule has 0 unspecified atom stereocenters. The standard InChI is InChI=1S/C12H24N2O/c1-12(2,9-13)11(15)14-8-7-10-5-3-4-6-10/h10H,3-9,13H2,1-2H3,(H,14,15). The van der Waals surface area contributed by atoms with Gasteiger partial charge in [0.15, 0.2) is 0 Å². The van der Waals surface area contributed by atoms with Gasteiger partial charge < -0.3 is 11.1 Å². The van der Waals surface area contributed by atoms with E-state index in [9.17, 15) is 4.79 Å². The van der Waals surface area contributed by atoms with Gasteiger partial charge in [0.2, 0.25) is 5.91 Å². The Hall–Kier alpha value is -0.570. The lowest BCUT2D eigenvalue weighted by atomic mass is 9.92. The third-order valence-corrected chi connectivity index (χ3v) is 3.44. The van der Waals surface area contributed by atoms with E-state index in [-0.39, 0.29) is 5.91 Å². The van der Waals surface area contributed by atoms with E-state index in [4.69, 9.17) is 5.73 Å². The van der Waals surface area contributed by atoms with Crippen molar-refractivity contribution in [2.24, 2.45) is 17.1 Å². The van der Waals surface area contributed by atoms with Crippen molar-refractivity contribution in [2.75, 3.05) is 13.1 Å². The Morgan fingerprint density at radius 3 is 2.53 bits per heavy atom. The van der Waals surface area contributed by atoms with E-state index in [2.05, 4.69) is 5.32 Å². The van der Waals surface area contributed by atoms with Crippen LogP contribution < -0.4 is 11.1 Å². The van der Waals surface area contributed by atoms with Gasteiger partial charge in [0.25, 0.3) is 0 Å². The van der Waals surface area contributed by atoms with Crippen molar-refractivity contribution >= 4 is 5.91 Å². The van der Waals surface area contributed by atoms with Crippen molar-refractivity contribution in [3.05, 3.63) is 0 Å². The normalized spacial score (nSPS) is 18.1. The van der Waals surface area contributed by atoms with Gasteiger partial charge in [0.1, 0.15) is 0 Å². The Balaban J connectivity index is 2.16. The molecule has 0 aromatic carbocycles. The summed E-state index contributed by atoms with van der Waals surface area (Å²) in [5, 5.41) is 2.98. The van der Waals surface area contributed by atoms with Crippen molar-refractivity contribution in [2.45, 2.75) is 46.0 Å². The minimum atomic E-state index is -0.421. The number of nitrogens with one attached hydrogen (secondary N) is 1. The molecule has 0 spiro atoms. The fraction of sp³-hybridized carbons (Fsp3) is 0.917. The second kappa shape index (κ2) is 5.50. The molecule has 88 valence electrons. The summed E-state index contributed by atoms with van der Waals surface area (Å²) in [6.07, 6.45) is 6.55. The highest BCUT2D eigenvalue weighted by Crippen LogP contribution is 2.27. The van der Waals surface area contributed by atoms with Crippen molar-refractivity contribution in [3.8, 4) is 0 Å². The van der Waals surface area contributed by atoms with Gasteiger partial charge in [-0.05, 0) is 26.2 Å². The Bertz CT molecular complexity index is 208. The van der Waals surface area contributed by atoms with E-state index in [1.54, 1.807) is 0 Å². The van der Waals surface area contributed by atoms with Crippen molar-refractivity contribution < 1.29 is 4.79 Å². The molecule has 1 rings (SSSR count). The topological polar surface area (TPSA) is 55.1 Å². The molecule has 0 aromatic heterocycles. The zero-order chi connectivity index (χ0) is 11.3. The Morgan fingerprint density at radius 2 is 2.00 bits per heavy atom. The minimum Gasteiger partial charge on any atom is -0.356 e. The van der Waals surface area contributed by atoms with Gasteiger partial charge in [-0.25, -0.2) is 0 Å². The number of hydrogen-bond acceptors (Lipinski definition) is 2. The van der Waals surface area contributed by atoms with Crippen LogP contribution in [0.4, 0.5) is 0 Å². The van der Waals surface area contributed by atoms with Crippen molar-refractivity contribution in [3.63, 3.8) is 0 Å². The minimum absolute atomic E-state index is 0.0861. The number of amides is 1. The average molecular weight is 212 g/mol. The number of nitrogens with two attached hydrogens (primary N) is 1. The van der Waals surface area contributed by atoms with Crippen molar-refractivity contribution in [1.82, 2.24) is 5.32 Å². The maximum atomic E-state index is 11.7. The summed E-state index contributed by atoms with van der Waals surface area (Å²) >= 11 is 0. The zero-order valence-electron chi connectivity index (χ0n) is 10.0. The lowest BCUT2D eigenvalue weighted by molar-refractivity contribution is -0.128. The maximum absolute atomic E-state index is 11.7. The molecule has 0 radical (unpaired) electrons. The monoisotopic (exact) mass is 212 g/mol. The summed E-state index contributed by atoms with van der Waals surface area (Å²) in [6, 6.07) is 0. The molecule has 1 fully saturated rings. The molecular formula is C12H24N2O. The van der Waals surface area contributed by atoms with Crippen LogP contribution in [0.25, 0.3) is 0 Å². The highest BCUT2D eigenvalue weighted by molar-refractivity contribution is 5.81. The van der Waals surface area contributed by atoms with Crippen LogP contribution in [0.3, 0.4) is 0 Å². The molecule has 0 atom stereocenters. The van der Waals surface area contributed by atoms with Crippen LogP contribution in [0.2, 0.25) is 0 Å². The molecule has 1 saturated carbocycles. The first-order valence-electron chi connectivity index (χ1n) is 6.04. The first-order chi connectivity index (χ1) is 7.06. The van der Waals surface area contributed by atoms with Gasteiger partial charge in [-0.2, -0.15) is 0 Å². The molecule has 0 bridgehead atoms. The van der Waals surface area contributed by atoms with Crippen LogP contribution in [0.15, 0.2) is 0 Å². The second-order valence-electron chi connectivity index (χ2n) is 5.28. The van der Waals surface area contributed by atoms with Gasteiger partial charge in [-0.1, -0.05) is 25.7 Å². The molecule has 0 aromatic rings. The van der Waals surface area contributed by atoms with Gasteiger partial charge in [-0.15, -0.1) is 0 Å². The highest BCUT2D eigenvalue weighted by atomic mass is 16.2. The Labute approximate surface area is 92.8 Å². The SMILES string of the molecule is CC(C)(CN)C(=O)NCCC1CCCC1. The first kappa shape index (κ1) is 12.5. The van der Waals surface area contributed by atoms with E-state index in [1.165, 1.54) is 25.7 Å². The molecule has 1 aliphatic carbocycles. The predicted molar refractivity (Wildman–Crippen MR) is 62.4 cm³/mol. The second-order valence-corrected chi connectivity index (χ2v) is 5.28. The molecule has 3 heteroatoms. The van der Waals surface area contributed by atoms with E-state index in [0.29, 0.717) is 6.54 Å². The van der Waals surface area contributed by atoms with Gasteiger partial charge in [-0.3, -0.25) is 4.79 Å². The molecule has 0 aliphatic heterocycles. The summed E-state index contributed by atoms with van der Waals surface area (Å²) in [5.41, 5.74) is 5.12. The molecular weight excluding hydrogens is 188 g/mol. The van der Waals surface area contributed by atoms with Gasteiger partial charge in [0, 0.05) is 13.1 Å². The summed E-state index contributed by atoms with van der Waals surface area (Å²) < 4.78 is 0. The summed E-state index contributed by atoms with van der Waals surface area (Å²) in [7, 11) is 0. The lowest BCUT2D eigenvalue weighted by Gasteiger charge is -2.21. The van der Waals surface area contributed by atoms with Crippen LogP contribution in [-0.2, 0) is 4.79 Å². The number of hydrogen-bond donors (Lipinski definition) is 2. The largest absolute Gasteiger partial charge is 0.356 e. The van der Waals surface area contributed by atoms with Gasteiger partial charge in [0.05, 0.1) is 5.41 Å². The zero-order valence-corrected chi connectivity index (χ0v) is 10.0. The van der Waals surface area contributed by atoms with Crippen LogP contribution >= 0.6 is 0 Å². The van der Waals surface area contributed by atoms with E-state index < -0.39 is 5.41 Å². The molecule has 15 heavy (non-hydrogen) atoms. The summed E-state index contributed by atoms with van der Waals surface area (Å²) in [6.45, 7) is 4.99. The Morgan fingerprint density at radius 1 is 1.40 bits per heavy atom. The molecule has 3 N–H and O–H groups in total. The van der Waals surface area contributed by atoms with Gasteiger partial charge >= 0.3 is 0 Å². The molecule has 0 heterocycles. The van der Waals surface area contributed by atoms with Crippen LogP contribution in [-0.4, -0.2) is 19.0 Å². The number of carbonyl (C=O) groups is 1. The lowest BCUT2D eigenvalue weighted by Crippen LogP contribution is -2.42. The quantitative estimate of drug-likeness (QED) is 0.728. The van der Waals surface area contributed by atoms with Crippen LogP contribution in [0.5, 0.6) is 0 Å². The summed E-state index contributed by atoms with van der Waals surface area (Å²) in [5.74, 6) is 0.925. The van der Waals surface area contributed by atoms with E-state index >= 15 is 0 Å². The molecule has 3 nitrogen and oxygen atoms in total. The fourth-order valence-electron chi connectivity index (χ4n) is 2.02. The molecule has 1 amide bonds. The fourth-order valence-corrected chi connectivity index (χ4v) is 2.02.